The van der Waals surface area contributed by atoms with Crippen LogP contribution in [0.1, 0.15) is 31.7 Å². The molecule has 1 N–H and O–H groups in total. The molecule has 0 saturated carbocycles. The third kappa shape index (κ3) is 3.26. The quantitative estimate of drug-likeness (QED) is 0.905. The number of nitrogens with one attached hydrogen (secondary N) is 1. The molecule has 1 aliphatic heterocycles. The molecule has 2 rings (SSSR count). The third-order valence-corrected chi connectivity index (χ3v) is 4.52. The van der Waals surface area contributed by atoms with Gasteiger partial charge in [0.05, 0.1) is 21.3 Å². The van der Waals surface area contributed by atoms with Crippen molar-refractivity contribution in [3.05, 3.63) is 17.7 Å². The van der Waals surface area contributed by atoms with Gasteiger partial charge in [0.2, 0.25) is 0 Å². The Bertz CT molecular complexity index is 473. The lowest BCUT2D eigenvalue weighted by atomic mass is 9.75. The Balaban J connectivity index is 2.44. The van der Waals surface area contributed by atoms with E-state index in [0.29, 0.717) is 23.5 Å². The molecule has 1 heterocycles. The summed E-state index contributed by atoms with van der Waals surface area (Å²) in [7, 11) is 5.05. The van der Waals surface area contributed by atoms with Gasteiger partial charge in [-0.25, -0.2) is 0 Å². The molecule has 0 amide bonds. The van der Waals surface area contributed by atoms with Gasteiger partial charge in [0.15, 0.2) is 11.5 Å². The van der Waals surface area contributed by atoms with E-state index in [1.807, 2.05) is 6.07 Å². The zero-order valence-electron chi connectivity index (χ0n) is 13.7. The molecule has 21 heavy (non-hydrogen) atoms. The number of rotatable bonds is 5. The Kier molecular flexibility index (Phi) is 5.34. The lowest BCUT2D eigenvalue weighted by Gasteiger charge is -2.36. The Morgan fingerprint density at radius 3 is 2.19 bits per heavy atom. The Labute approximate surface area is 127 Å². The summed E-state index contributed by atoms with van der Waals surface area (Å²) in [6, 6.07) is 4.02. The van der Waals surface area contributed by atoms with Gasteiger partial charge in [-0.1, -0.05) is 13.8 Å². The van der Waals surface area contributed by atoms with Crippen molar-refractivity contribution in [3.63, 3.8) is 0 Å². The van der Waals surface area contributed by atoms with E-state index in [1.165, 1.54) is 5.56 Å². The van der Waals surface area contributed by atoms with Crippen molar-refractivity contribution in [2.75, 3.05) is 34.4 Å². The van der Waals surface area contributed by atoms with E-state index >= 15 is 0 Å². The molecule has 0 aliphatic carbocycles. The Morgan fingerprint density at radius 2 is 1.62 bits per heavy atom. The van der Waals surface area contributed by atoms with E-state index in [4.69, 9.17) is 14.2 Å². The molecule has 0 spiro atoms. The summed E-state index contributed by atoms with van der Waals surface area (Å²) in [4.78, 5) is 0. The molecule has 1 saturated heterocycles. The van der Waals surface area contributed by atoms with Crippen LogP contribution < -0.4 is 19.5 Å². The van der Waals surface area contributed by atoms with E-state index < -0.39 is 0 Å². The molecule has 1 aliphatic rings. The number of hydrogen-bond acceptors (Lipinski definition) is 4. The summed E-state index contributed by atoms with van der Waals surface area (Å²) in [6.45, 7) is 6.68. The summed E-state index contributed by atoms with van der Waals surface area (Å²) in [6.07, 6.45) is 1.12. The molecule has 4 heteroatoms. The van der Waals surface area contributed by atoms with Crippen molar-refractivity contribution in [1.29, 1.82) is 0 Å². The normalized spacial score (nSPS) is 22.2. The van der Waals surface area contributed by atoms with Gasteiger partial charge in [-0.3, -0.25) is 0 Å². The van der Waals surface area contributed by atoms with Crippen molar-refractivity contribution < 1.29 is 14.2 Å². The van der Waals surface area contributed by atoms with E-state index in [1.54, 1.807) is 21.3 Å². The van der Waals surface area contributed by atoms with Crippen LogP contribution in [0.25, 0.3) is 0 Å². The predicted octanol–water partition coefficient (Wildman–Crippen LogP) is 3.06. The molecule has 118 valence electrons. The summed E-state index contributed by atoms with van der Waals surface area (Å²) >= 11 is 0. The van der Waals surface area contributed by atoms with E-state index in [9.17, 15) is 0 Å². The van der Waals surface area contributed by atoms with Crippen LogP contribution in [0.15, 0.2) is 12.1 Å². The van der Waals surface area contributed by atoms with Gasteiger partial charge in [0, 0.05) is 11.6 Å². The second kappa shape index (κ2) is 7.03. The van der Waals surface area contributed by atoms with Crippen molar-refractivity contribution in [1.82, 2.24) is 5.32 Å². The second-order valence-corrected chi connectivity index (χ2v) is 5.96. The van der Waals surface area contributed by atoms with Crippen LogP contribution in [0.2, 0.25) is 0 Å². The summed E-state index contributed by atoms with van der Waals surface area (Å²) in [5.74, 6) is 4.10. The number of ether oxygens (including phenoxy) is 3. The van der Waals surface area contributed by atoms with E-state index in [0.717, 1.165) is 31.0 Å². The van der Waals surface area contributed by atoms with Crippen LogP contribution in [0.5, 0.6) is 17.2 Å². The van der Waals surface area contributed by atoms with Crippen LogP contribution in [-0.2, 0) is 0 Å². The molecular formula is C17H27NO3. The third-order valence-electron chi connectivity index (χ3n) is 4.52. The highest BCUT2D eigenvalue weighted by Crippen LogP contribution is 2.44. The van der Waals surface area contributed by atoms with Gasteiger partial charge in [-0.05, 0) is 43.3 Å². The number of piperidine rings is 1. The van der Waals surface area contributed by atoms with Gasteiger partial charge in [0.25, 0.3) is 0 Å². The minimum atomic E-state index is 0.487. The van der Waals surface area contributed by atoms with Crippen molar-refractivity contribution >= 4 is 0 Å². The Morgan fingerprint density at radius 1 is 1.00 bits per heavy atom. The average molecular weight is 293 g/mol. The smallest absolute Gasteiger partial charge is 0.164 e. The molecule has 0 radical (unpaired) electrons. The molecule has 0 aromatic heterocycles. The van der Waals surface area contributed by atoms with Crippen LogP contribution in [-0.4, -0.2) is 34.4 Å². The molecular weight excluding hydrogens is 266 g/mol. The first-order valence-electron chi connectivity index (χ1n) is 7.63. The maximum absolute atomic E-state index is 5.61. The lowest BCUT2D eigenvalue weighted by Crippen LogP contribution is -2.38. The van der Waals surface area contributed by atoms with Gasteiger partial charge in [-0.2, -0.15) is 0 Å². The van der Waals surface area contributed by atoms with E-state index in [-0.39, 0.29) is 0 Å². The molecule has 2 unspecified atom stereocenters. The van der Waals surface area contributed by atoms with Crippen LogP contribution in [0, 0.1) is 11.8 Å². The van der Waals surface area contributed by atoms with Crippen molar-refractivity contribution in [2.45, 2.75) is 26.2 Å². The largest absolute Gasteiger partial charge is 0.496 e. The highest BCUT2D eigenvalue weighted by atomic mass is 16.5. The summed E-state index contributed by atoms with van der Waals surface area (Å²) < 4.78 is 16.5. The molecule has 4 nitrogen and oxygen atoms in total. The van der Waals surface area contributed by atoms with Crippen LogP contribution in [0.4, 0.5) is 0 Å². The maximum Gasteiger partial charge on any atom is 0.164 e. The number of benzene rings is 1. The zero-order valence-corrected chi connectivity index (χ0v) is 13.7. The second-order valence-electron chi connectivity index (χ2n) is 5.96. The van der Waals surface area contributed by atoms with Gasteiger partial charge >= 0.3 is 0 Å². The average Bonchev–Trinajstić information content (AvgIpc) is 2.53. The monoisotopic (exact) mass is 293 g/mol. The molecule has 2 atom stereocenters. The first kappa shape index (κ1) is 16.0. The fraction of sp³-hybridized carbons (Fsp3) is 0.647. The van der Waals surface area contributed by atoms with E-state index in [2.05, 4.69) is 25.2 Å². The predicted molar refractivity (Wildman–Crippen MR) is 84.7 cm³/mol. The van der Waals surface area contributed by atoms with Crippen LogP contribution >= 0.6 is 0 Å². The summed E-state index contributed by atoms with van der Waals surface area (Å²) in [5, 5.41) is 3.51. The highest BCUT2D eigenvalue weighted by Gasteiger charge is 2.31. The Hall–Kier alpha value is -1.42. The molecule has 1 aromatic rings. The fourth-order valence-electron chi connectivity index (χ4n) is 3.31. The minimum Gasteiger partial charge on any atom is -0.496 e. The number of methoxy groups -OCH3 is 3. The molecule has 0 bridgehead atoms. The van der Waals surface area contributed by atoms with Gasteiger partial charge in [-0.15, -0.1) is 0 Å². The zero-order chi connectivity index (χ0) is 15.4. The van der Waals surface area contributed by atoms with Crippen molar-refractivity contribution in [3.8, 4) is 17.2 Å². The maximum atomic E-state index is 5.61. The first-order valence-corrected chi connectivity index (χ1v) is 7.63. The minimum absolute atomic E-state index is 0.487. The summed E-state index contributed by atoms with van der Waals surface area (Å²) in [5.41, 5.74) is 1.23. The van der Waals surface area contributed by atoms with Crippen LogP contribution in [0.3, 0.4) is 0 Å². The molecule has 1 fully saturated rings. The SMILES string of the molecule is COc1cc(OC)c(C2CCNCC2C(C)C)cc1OC. The lowest BCUT2D eigenvalue weighted by molar-refractivity contribution is 0.249. The standard InChI is InChI=1S/C17H27NO3/c1-11(2)14-10-18-7-6-12(14)13-8-16(20-4)17(21-5)9-15(13)19-3/h8-9,11-12,14,18H,6-7,10H2,1-5H3. The van der Waals surface area contributed by atoms with Gasteiger partial charge < -0.3 is 19.5 Å². The number of hydrogen-bond donors (Lipinski definition) is 1. The fourth-order valence-corrected chi connectivity index (χ4v) is 3.31. The highest BCUT2D eigenvalue weighted by molar-refractivity contribution is 5.52. The van der Waals surface area contributed by atoms with Gasteiger partial charge in [0.1, 0.15) is 5.75 Å². The first-order chi connectivity index (χ1) is 10.1. The topological polar surface area (TPSA) is 39.7 Å². The molecule has 1 aromatic carbocycles. The van der Waals surface area contributed by atoms with Crippen molar-refractivity contribution in [2.24, 2.45) is 11.8 Å².